The highest BCUT2D eigenvalue weighted by atomic mass is 15.1. The summed E-state index contributed by atoms with van der Waals surface area (Å²) in [6.45, 7) is 5.51. The fourth-order valence-electron chi connectivity index (χ4n) is 2.82. The molecule has 2 rings (SSSR count). The summed E-state index contributed by atoms with van der Waals surface area (Å²) >= 11 is 0. The van der Waals surface area contributed by atoms with Crippen molar-refractivity contribution in [1.82, 2.24) is 4.90 Å². The van der Waals surface area contributed by atoms with Gasteiger partial charge in [0.25, 0.3) is 0 Å². The zero-order valence-electron chi connectivity index (χ0n) is 11.9. The smallest absolute Gasteiger partial charge is 0.0233 e. The van der Waals surface area contributed by atoms with Crippen molar-refractivity contribution in [3.63, 3.8) is 0 Å². The van der Waals surface area contributed by atoms with E-state index >= 15 is 0 Å². The van der Waals surface area contributed by atoms with E-state index in [0.29, 0.717) is 18.0 Å². The van der Waals surface area contributed by atoms with Gasteiger partial charge in [0.05, 0.1) is 0 Å². The molecule has 0 aliphatic heterocycles. The fourth-order valence-corrected chi connectivity index (χ4v) is 2.82. The van der Waals surface area contributed by atoms with Gasteiger partial charge in [0, 0.05) is 18.6 Å². The Bertz CT molecular complexity index is 369. The van der Waals surface area contributed by atoms with E-state index in [4.69, 9.17) is 5.73 Å². The van der Waals surface area contributed by atoms with Crippen LogP contribution >= 0.6 is 0 Å². The minimum atomic E-state index is 0.417. The van der Waals surface area contributed by atoms with Crippen LogP contribution in [0.25, 0.3) is 0 Å². The van der Waals surface area contributed by atoms with E-state index in [1.807, 2.05) is 0 Å². The van der Waals surface area contributed by atoms with Crippen molar-refractivity contribution in [2.45, 2.75) is 57.7 Å². The molecule has 0 aromatic heterocycles. The fraction of sp³-hybridized carbons (Fsp3) is 0.625. The summed E-state index contributed by atoms with van der Waals surface area (Å²) in [5, 5.41) is 0. The molecular weight excluding hydrogens is 220 g/mol. The van der Waals surface area contributed by atoms with Gasteiger partial charge in [-0.3, -0.25) is 4.90 Å². The van der Waals surface area contributed by atoms with Gasteiger partial charge in [0.1, 0.15) is 0 Å². The molecule has 1 aromatic rings. The molecule has 0 spiro atoms. The zero-order chi connectivity index (χ0) is 13.1. The highest BCUT2D eigenvalue weighted by Gasteiger charge is 2.24. The van der Waals surface area contributed by atoms with E-state index in [0.717, 1.165) is 13.0 Å². The van der Waals surface area contributed by atoms with Crippen molar-refractivity contribution >= 4 is 0 Å². The number of benzene rings is 1. The van der Waals surface area contributed by atoms with Gasteiger partial charge < -0.3 is 5.73 Å². The van der Waals surface area contributed by atoms with Crippen LogP contribution in [0.2, 0.25) is 0 Å². The summed E-state index contributed by atoms with van der Waals surface area (Å²) in [6, 6.07) is 10.1. The van der Waals surface area contributed by atoms with E-state index in [1.165, 1.54) is 24.0 Å². The molecule has 1 aromatic carbocycles. The van der Waals surface area contributed by atoms with Crippen molar-refractivity contribution in [3.05, 3.63) is 35.4 Å². The molecule has 1 fully saturated rings. The molecule has 2 atom stereocenters. The topological polar surface area (TPSA) is 29.3 Å². The van der Waals surface area contributed by atoms with Crippen molar-refractivity contribution in [2.24, 2.45) is 5.73 Å². The van der Waals surface area contributed by atoms with Crippen LogP contribution in [0.5, 0.6) is 0 Å². The maximum absolute atomic E-state index is 5.98. The third-order valence-corrected chi connectivity index (χ3v) is 4.15. The molecule has 0 amide bonds. The first-order chi connectivity index (χ1) is 8.56. The SMILES string of the molecule is CC(C)c1ccc(CN(C)C2CCC(N)C2)cc1. The molecule has 18 heavy (non-hydrogen) atoms. The van der Waals surface area contributed by atoms with Gasteiger partial charge >= 0.3 is 0 Å². The highest BCUT2D eigenvalue weighted by Crippen LogP contribution is 2.23. The Morgan fingerprint density at radius 2 is 1.89 bits per heavy atom. The normalized spacial score (nSPS) is 24.1. The summed E-state index contributed by atoms with van der Waals surface area (Å²) in [4.78, 5) is 2.46. The van der Waals surface area contributed by atoms with Crippen molar-refractivity contribution in [1.29, 1.82) is 0 Å². The third-order valence-electron chi connectivity index (χ3n) is 4.15. The number of nitrogens with zero attached hydrogens (tertiary/aromatic N) is 1. The van der Waals surface area contributed by atoms with Crippen LogP contribution < -0.4 is 5.73 Å². The first-order valence-electron chi connectivity index (χ1n) is 7.11. The number of hydrogen-bond donors (Lipinski definition) is 1. The first-order valence-corrected chi connectivity index (χ1v) is 7.11. The monoisotopic (exact) mass is 246 g/mol. The predicted octanol–water partition coefficient (Wildman–Crippen LogP) is 3.12. The van der Waals surface area contributed by atoms with Crippen molar-refractivity contribution in [3.8, 4) is 0 Å². The molecule has 2 nitrogen and oxygen atoms in total. The summed E-state index contributed by atoms with van der Waals surface area (Å²) in [7, 11) is 2.22. The first kappa shape index (κ1) is 13.6. The molecule has 100 valence electrons. The minimum absolute atomic E-state index is 0.417. The Morgan fingerprint density at radius 1 is 1.22 bits per heavy atom. The van der Waals surface area contributed by atoms with Gasteiger partial charge in [-0.25, -0.2) is 0 Å². The van der Waals surface area contributed by atoms with Crippen molar-refractivity contribution in [2.75, 3.05) is 7.05 Å². The molecule has 2 heteroatoms. The van der Waals surface area contributed by atoms with E-state index < -0.39 is 0 Å². The van der Waals surface area contributed by atoms with Crippen LogP contribution in [0.3, 0.4) is 0 Å². The average molecular weight is 246 g/mol. The second kappa shape index (κ2) is 5.85. The molecular formula is C16H26N2. The van der Waals surface area contributed by atoms with Crippen LogP contribution in [0.4, 0.5) is 0 Å². The van der Waals surface area contributed by atoms with Crippen LogP contribution in [-0.4, -0.2) is 24.0 Å². The van der Waals surface area contributed by atoms with E-state index in [9.17, 15) is 0 Å². The Morgan fingerprint density at radius 3 is 2.39 bits per heavy atom. The molecule has 0 heterocycles. The van der Waals surface area contributed by atoms with Crippen molar-refractivity contribution < 1.29 is 0 Å². The second-order valence-corrected chi connectivity index (χ2v) is 6.04. The Hall–Kier alpha value is -0.860. The number of rotatable bonds is 4. The van der Waals surface area contributed by atoms with Crippen LogP contribution in [-0.2, 0) is 6.54 Å². The summed E-state index contributed by atoms with van der Waals surface area (Å²) in [6.07, 6.45) is 3.59. The maximum Gasteiger partial charge on any atom is 0.0233 e. The standard InChI is InChI=1S/C16H26N2/c1-12(2)14-6-4-13(5-7-14)11-18(3)16-9-8-15(17)10-16/h4-7,12,15-16H,8-11,17H2,1-3H3. The lowest BCUT2D eigenvalue weighted by atomic mass is 10.0. The minimum Gasteiger partial charge on any atom is -0.328 e. The van der Waals surface area contributed by atoms with E-state index in [-0.39, 0.29) is 0 Å². The lowest BCUT2D eigenvalue weighted by Crippen LogP contribution is -2.30. The van der Waals surface area contributed by atoms with E-state index in [1.54, 1.807) is 0 Å². The Labute approximate surface area is 111 Å². The summed E-state index contributed by atoms with van der Waals surface area (Å²) in [5.41, 5.74) is 8.81. The maximum atomic E-state index is 5.98. The van der Waals surface area contributed by atoms with Gasteiger partial charge in [0.15, 0.2) is 0 Å². The van der Waals surface area contributed by atoms with Gasteiger partial charge in [-0.05, 0) is 43.4 Å². The van der Waals surface area contributed by atoms with Gasteiger partial charge in [-0.2, -0.15) is 0 Å². The summed E-state index contributed by atoms with van der Waals surface area (Å²) in [5.74, 6) is 0.615. The Balaban J connectivity index is 1.92. The van der Waals surface area contributed by atoms with Crippen LogP contribution in [0, 0.1) is 0 Å². The molecule has 0 saturated heterocycles. The van der Waals surface area contributed by atoms with Gasteiger partial charge in [-0.15, -0.1) is 0 Å². The molecule has 2 unspecified atom stereocenters. The summed E-state index contributed by atoms with van der Waals surface area (Å²) < 4.78 is 0. The number of nitrogens with two attached hydrogens (primary N) is 1. The molecule has 1 aliphatic rings. The lowest BCUT2D eigenvalue weighted by molar-refractivity contribution is 0.235. The van der Waals surface area contributed by atoms with Gasteiger partial charge in [-0.1, -0.05) is 38.1 Å². The van der Waals surface area contributed by atoms with Crippen LogP contribution in [0.15, 0.2) is 24.3 Å². The molecule has 0 bridgehead atoms. The highest BCUT2D eigenvalue weighted by molar-refractivity contribution is 5.24. The molecule has 1 saturated carbocycles. The zero-order valence-corrected chi connectivity index (χ0v) is 11.9. The van der Waals surface area contributed by atoms with Crippen LogP contribution in [0.1, 0.15) is 50.2 Å². The Kier molecular flexibility index (Phi) is 4.41. The third kappa shape index (κ3) is 3.33. The largest absolute Gasteiger partial charge is 0.328 e. The average Bonchev–Trinajstić information content (AvgIpc) is 2.76. The molecule has 1 aliphatic carbocycles. The second-order valence-electron chi connectivity index (χ2n) is 6.04. The molecule has 2 N–H and O–H groups in total. The van der Waals surface area contributed by atoms with E-state index in [2.05, 4.69) is 50.1 Å². The van der Waals surface area contributed by atoms with Gasteiger partial charge in [0.2, 0.25) is 0 Å². The molecule has 0 radical (unpaired) electrons. The lowest BCUT2D eigenvalue weighted by Gasteiger charge is -2.24. The quantitative estimate of drug-likeness (QED) is 0.884. The number of hydrogen-bond acceptors (Lipinski definition) is 2. The predicted molar refractivity (Wildman–Crippen MR) is 77.6 cm³/mol.